The summed E-state index contributed by atoms with van der Waals surface area (Å²) in [5, 5.41) is 72.4. The van der Waals surface area contributed by atoms with E-state index in [2.05, 4.69) is 10.6 Å². The molecule has 3 unspecified atom stereocenters. The number of rotatable bonds is 13. The van der Waals surface area contributed by atoms with E-state index in [4.69, 9.17) is 4.74 Å². The summed E-state index contributed by atoms with van der Waals surface area (Å²) in [5.74, 6) is -3.44. The molecule has 2 fully saturated rings. The number of hydrogen-bond acceptors (Lipinski definition) is 14. The van der Waals surface area contributed by atoms with Crippen molar-refractivity contribution in [2.75, 3.05) is 98.2 Å². The normalized spacial score (nSPS) is 28.0. The van der Waals surface area contributed by atoms with E-state index in [-0.39, 0.29) is 91.0 Å². The molecule has 2 aliphatic heterocycles. The predicted molar refractivity (Wildman–Crippen MR) is 143 cm³/mol. The van der Waals surface area contributed by atoms with Crippen LogP contribution in [-0.4, -0.2) is 208 Å². The Balaban J connectivity index is 1.90. The van der Waals surface area contributed by atoms with Gasteiger partial charge in [-0.1, -0.05) is 0 Å². The number of nitrogens with one attached hydrogen (secondary N) is 2. The number of carbonyl (C=O) groups excluding carboxylic acids is 1. The average molecular weight is 609 g/mol. The number of aliphatic hydroxyl groups is 4. The van der Waals surface area contributed by atoms with Crippen LogP contribution in [0.3, 0.4) is 0 Å². The van der Waals surface area contributed by atoms with E-state index >= 15 is 0 Å². The molecular formula is C24H44N6O12. The number of nitrogens with zero attached hydrogens (tertiary/aromatic N) is 4. The predicted octanol–water partition coefficient (Wildman–Crippen LogP) is -6.03. The number of aliphatic hydroxyl groups excluding tert-OH is 4. The smallest absolute Gasteiger partial charge is 0.317 e. The highest BCUT2D eigenvalue weighted by atomic mass is 16.6. The number of ether oxygens (including phenoxy) is 1. The van der Waals surface area contributed by atoms with Gasteiger partial charge in [0.25, 0.3) is 0 Å². The maximum atomic E-state index is 12.7. The Kier molecular flexibility index (Phi) is 15.5. The van der Waals surface area contributed by atoms with Gasteiger partial charge in [0, 0.05) is 72.0 Å². The molecule has 18 nitrogen and oxygen atoms in total. The highest BCUT2D eigenvalue weighted by Gasteiger charge is 2.42. The standard InChI is InChI=1S/C24H44N6O12/c31-17(26-2-1-25-11-16-21(38)22(39)23(40)24(41)42-16)12-27-3-5-28(13-18(32)33)7-9-30(15-20(36)37)10-8-29(6-4-27)14-19(34)35/h16,21-25,38-41H,1-15H2,(H,26,31)(H,32,33)(H,34,35)(H,36,37)/t16?,21-,22?,23?,24-/m1/s1. The first-order chi connectivity index (χ1) is 19.8. The number of carboxylic acids is 3. The number of aliphatic carboxylic acids is 3. The molecule has 0 aromatic carbocycles. The zero-order valence-electron chi connectivity index (χ0n) is 23.5. The van der Waals surface area contributed by atoms with Gasteiger partial charge < -0.3 is 51.1 Å². The Morgan fingerprint density at radius 1 is 0.595 bits per heavy atom. The molecule has 0 spiro atoms. The van der Waals surface area contributed by atoms with Crippen molar-refractivity contribution in [3.63, 3.8) is 0 Å². The van der Waals surface area contributed by atoms with Crippen LogP contribution >= 0.6 is 0 Å². The lowest BCUT2D eigenvalue weighted by Gasteiger charge is -2.38. The number of amides is 1. The van der Waals surface area contributed by atoms with E-state index in [0.717, 1.165) is 0 Å². The Labute approximate surface area is 243 Å². The van der Waals surface area contributed by atoms with Crippen molar-refractivity contribution in [1.82, 2.24) is 30.2 Å². The summed E-state index contributed by atoms with van der Waals surface area (Å²) < 4.78 is 5.08. The van der Waals surface area contributed by atoms with Crippen molar-refractivity contribution in [2.45, 2.75) is 30.7 Å². The minimum atomic E-state index is -1.64. The van der Waals surface area contributed by atoms with Crippen molar-refractivity contribution < 1.29 is 59.7 Å². The van der Waals surface area contributed by atoms with E-state index in [1.807, 2.05) is 0 Å². The number of carbonyl (C=O) groups is 4. The first kappa shape index (κ1) is 35.7. The molecule has 0 bridgehead atoms. The molecule has 42 heavy (non-hydrogen) atoms. The van der Waals surface area contributed by atoms with E-state index in [1.54, 1.807) is 19.6 Å². The summed E-state index contributed by atoms with van der Waals surface area (Å²) >= 11 is 0. The third kappa shape index (κ3) is 13.2. The van der Waals surface area contributed by atoms with Crippen LogP contribution in [0, 0.1) is 0 Å². The van der Waals surface area contributed by atoms with E-state index in [0.29, 0.717) is 13.1 Å². The zero-order valence-corrected chi connectivity index (χ0v) is 23.5. The molecule has 0 aliphatic carbocycles. The highest BCUT2D eigenvalue weighted by Crippen LogP contribution is 2.19. The summed E-state index contributed by atoms with van der Waals surface area (Å²) in [6.07, 6.45) is -7.23. The molecule has 2 heterocycles. The van der Waals surface area contributed by atoms with Crippen LogP contribution in [-0.2, 0) is 23.9 Å². The third-order valence-corrected chi connectivity index (χ3v) is 7.03. The topological polar surface area (TPSA) is 256 Å². The quantitative estimate of drug-likeness (QED) is 0.0882. The van der Waals surface area contributed by atoms with Crippen LogP contribution < -0.4 is 10.6 Å². The molecule has 2 aliphatic rings. The largest absolute Gasteiger partial charge is 0.480 e. The third-order valence-electron chi connectivity index (χ3n) is 7.03. The fourth-order valence-corrected chi connectivity index (χ4v) is 4.68. The van der Waals surface area contributed by atoms with Crippen molar-refractivity contribution in [2.24, 2.45) is 0 Å². The minimum Gasteiger partial charge on any atom is -0.480 e. The van der Waals surface area contributed by atoms with Gasteiger partial charge >= 0.3 is 17.9 Å². The van der Waals surface area contributed by atoms with E-state index in [1.165, 1.54) is 0 Å². The van der Waals surface area contributed by atoms with Gasteiger partial charge in [-0.2, -0.15) is 0 Å². The van der Waals surface area contributed by atoms with Gasteiger partial charge in [0.05, 0.1) is 26.2 Å². The molecule has 0 aromatic rings. The molecule has 2 rings (SSSR count). The Morgan fingerprint density at radius 2 is 1.00 bits per heavy atom. The molecular weight excluding hydrogens is 564 g/mol. The van der Waals surface area contributed by atoms with Gasteiger partial charge in [-0.25, -0.2) is 0 Å². The Hall–Kier alpha value is -2.52. The molecule has 9 N–H and O–H groups in total. The maximum Gasteiger partial charge on any atom is 0.317 e. The average Bonchev–Trinajstić information content (AvgIpc) is 2.90. The fourth-order valence-electron chi connectivity index (χ4n) is 4.68. The first-order valence-corrected chi connectivity index (χ1v) is 13.8. The second-order valence-electron chi connectivity index (χ2n) is 10.4. The van der Waals surface area contributed by atoms with Crippen molar-refractivity contribution in [1.29, 1.82) is 0 Å². The lowest BCUT2D eigenvalue weighted by molar-refractivity contribution is -0.280. The molecule has 242 valence electrons. The monoisotopic (exact) mass is 608 g/mol. The van der Waals surface area contributed by atoms with Crippen LogP contribution in [0.1, 0.15) is 0 Å². The van der Waals surface area contributed by atoms with Gasteiger partial charge in [-0.05, 0) is 0 Å². The molecule has 18 heteroatoms. The van der Waals surface area contributed by atoms with Crippen LogP contribution in [0.5, 0.6) is 0 Å². The second kappa shape index (κ2) is 18.2. The minimum absolute atomic E-state index is 0.0340. The summed E-state index contributed by atoms with van der Waals surface area (Å²) in [4.78, 5) is 53.5. The summed E-state index contributed by atoms with van der Waals surface area (Å²) in [5.41, 5.74) is 0. The lowest BCUT2D eigenvalue weighted by Crippen LogP contribution is -2.59. The van der Waals surface area contributed by atoms with Crippen molar-refractivity contribution >= 4 is 23.8 Å². The van der Waals surface area contributed by atoms with Gasteiger partial charge in [-0.3, -0.25) is 38.8 Å². The molecule has 1 amide bonds. The van der Waals surface area contributed by atoms with E-state index < -0.39 is 48.6 Å². The fraction of sp³-hybridized carbons (Fsp3) is 0.833. The first-order valence-electron chi connectivity index (χ1n) is 13.8. The van der Waals surface area contributed by atoms with Crippen LogP contribution in [0.25, 0.3) is 0 Å². The lowest BCUT2D eigenvalue weighted by atomic mass is 9.99. The molecule has 0 saturated carbocycles. The molecule has 0 aromatic heterocycles. The summed E-state index contributed by atoms with van der Waals surface area (Å²) in [6, 6.07) is 0. The van der Waals surface area contributed by atoms with Gasteiger partial charge in [0.15, 0.2) is 6.29 Å². The molecule has 0 radical (unpaired) electrons. The zero-order chi connectivity index (χ0) is 31.2. The van der Waals surface area contributed by atoms with Gasteiger partial charge in [-0.15, -0.1) is 0 Å². The van der Waals surface area contributed by atoms with Crippen molar-refractivity contribution in [3.05, 3.63) is 0 Å². The SMILES string of the molecule is O=C(O)CN1CCN(CC(=O)O)CCN(CC(=O)NCCNCC2O[C@@H](O)C(O)C(O)[C@@H]2O)CCN(CC(=O)O)CC1. The molecule has 5 atom stereocenters. The van der Waals surface area contributed by atoms with Crippen LogP contribution in [0.2, 0.25) is 0 Å². The number of hydrogen-bond donors (Lipinski definition) is 9. The highest BCUT2D eigenvalue weighted by molar-refractivity contribution is 5.78. The van der Waals surface area contributed by atoms with Crippen LogP contribution in [0.4, 0.5) is 0 Å². The van der Waals surface area contributed by atoms with Crippen molar-refractivity contribution in [3.8, 4) is 0 Å². The molecule has 2 saturated heterocycles. The second-order valence-corrected chi connectivity index (χ2v) is 10.4. The number of carboxylic acid groups (broad SMARTS) is 3. The maximum absolute atomic E-state index is 12.7. The Morgan fingerprint density at radius 3 is 1.40 bits per heavy atom. The van der Waals surface area contributed by atoms with Gasteiger partial charge in [0.1, 0.15) is 24.4 Å². The summed E-state index contributed by atoms with van der Waals surface area (Å²) in [6.45, 7) is 1.97. The van der Waals surface area contributed by atoms with E-state index in [9.17, 15) is 54.9 Å². The summed E-state index contributed by atoms with van der Waals surface area (Å²) in [7, 11) is 0. The van der Waals surface area contributed by atoms with Gasteiger partial charge in [0.2, 0.25) is 5.91 Å². The van der Waals surface area contributed by atoms with Crippen LogP contribution in [0.15, 0.2) is 0 Å². The Bertz CT molecular complexity index is 853.